The predicted octanol–water partition coefficient (Wildman–Crippen LogP) is 0.0679. The average molecular weight is 262 g/mol. The van der Waals surface area contributed by atoms with Gasteiger partial charge in [0.15, 0.2) is 9.84 Å². The summed E-state index contributed by atoms with van der Waals surface area (Å²) in [5, 5.41) is 5.42. The van der Waals surface area contributed by atoms with Gasteiger partial charge in [-0.05, 0) is 46.2 Å². The van der Waals surface area contributed by atoms with Gasteiger partial charge in [-0.3, -0.25) is 4.79 Å². The van der Waals surface area contributed by atoms with E-state index in [0.29, 0.717) is 12.8 Å². The fourth-order valence-corrected chi connectivity index (χ4v) is 3.70. The van der Waals surface area contributed by atoms with Crippen molar-refractivity contribution in [3.05, 3.63) is 0 Å². The van der Waals surface area contributed by atoms with E-state index in [1.807, 2.05) is 13.8 Å². The van der Waals surface area contributed by atoms with E-state index in [0.717, 1.165) is 19.5 Å². The molecule has 1 aliphatic rings. The summed E-state index contributed by atoms with van der Waals surface area (Å²) < 4.78 is 24.1. The van der Waals surface area contributed by atoms with Crippen molar-refractivity contribution in [2.45, 2.75) is 44.4 Å². The molecular weight excluding hydrogens is 240 g/mol. The Bertz CT molecular complexity index is 344. The van der Waals surface area contributed by atoms with E-state index in [1.54, 1.807) is 0 Å². The van der Waals surface area contributed by atoms with Crippen LogP contribution in [0.1, 0.15) is 33.1 Å². The minimum Gasteiger partial charge on any atom is -0.353 e. The van der Waals surface area contributed by atoms with Crippen LogP contribution >= 0.6 is 0 Å². The van der Waals surface area contributed by atoms with E-state index >= 15 is 0 Å². The summed E-state index contributed by atoms with van der Waals surface area (Å²) in [5.74, 6) is -0.771. The second kappa shape index (κ2) is 6.35. The van der Waals surface area contributed by atoms with Crippen molar-refractivity contribution >= 4 is 15.7 Å². The summed E-state index contributed by atoms with van der Waals surface area (Å²) in [4.78, 5) is 11.5. The first-order valence-corrected chi connectivity index (χ1v) is 7.85. The lowest BCUT2D eigenvalue weighted by atomic mass is 10.2. The lowest BCUT2D eigenvalue weighted by molar-refractivity contribution is -0.119. The van der Waals surface area contributed by atoms with Crippen LogP contribution in [0.5, 0.6) is 0 Å². The van der Waals surface area contributed by atoms with E-state index in [2.05, 4.69) is 10.6 Å². The number of rotatable bonds is 4. The van der Waals surface area contributed by atoms with Crippen molar-refractivity contribution in [2.75, 3.05) is 18.8 Å². The Morgan fingerprint density at radius 3 is 2.71 bits per heavy atom. The summed E-state index contributed by atoms with van der Waals surface area (Å²) in [7, 11) is -3.30. The van der Waals surface area contributed by atoms with Crippen LogP contribution in [-0.2, 0) is 14.6 Å². The second-order valence-corrected chi connectivity index (χ2v) is 7.11. The van der Waals surface area contributed by atoms with Crippen LogP contribution in [0.15, 0.2) is 0 Å². The van der Waals surface area contributed by atoms with Crippen LogP contribution in [0.25, 0.3) is 0 Å². The molecule has 5 nitrogen and oxygen atoms in total. The maximum absolute atomic E-state index is 12.0. The van der Waals surface area contributed by atoms with Gasteiger partial charge in [-0.2, -0.15) is 0 Å². The van der Waals surface area contributed by atoms with E-state index in [9.17, 15) is 13.2 Å². The maximum atomic E-state index is 12.0. The number of amides is 1. The summed E-state index contributed by atoms with van der Waals surface area (Å²) in [6.07, 6.45) is 2.12. The van der Waals surface area contributed by atoms with Gasteiger partial charge in [0.1, 0.15) is 5.75 Å². The van der Waals surface area contributed by atoms with Gasteiger partial charge in [0.25, 0.3) is 0 Å². The number of nitrogens with one attached hydrogen (secondary N) is 2. The summed E-state index contributed by atoms with van der Waals surface area (Å²) in [6.45, 7) is 5.22. The van der Waals surface area contributed by atoms with Gasteiger partial charge in [0.2, 0.25) is 5.91 Å². The van der Waals surface area contributed by atoms with Gasteiger partial charge in [0.05, 0.1) is 5.25 Å². The number of hydrogen-bond acceptors (Lipinski definition) is 4. The molecule has 0 radical (unpaired) electrons. The molecule has 1 fully saturated rings. The monoisotopic (exact) mass is 262 g/mol. The zero-order chi connectivity index (χ0) is 12.9. The normalized spacial score (nSPS) is 22.2. The number of sulfone groups is 1. The minimum absolute atomic E-state index is 0.0199. The Hall–Kier alpha value is -0.620. The molecule has 0 aliphatic carbocycles. The summed E-state index contributed by atoms with van der Waals surface area (Å²) >= 11 is 0. The predicted molar refractivity (Wildman–Crippen MR) is 67.6 cm³/mol. The molecule has 100 valence electrons. The molecule has 2 N–H and O–H groups in total. The van der Waals surface area contributed by atoms with Gasteiger partial charge in [-0.15, -0.1) is 0 Å². The largest absolute Gasteiger partial charge is 0.353 e. The fraction of sp³-hybridized carbons (Fsp3) is 0.909. The molecule has 6 heteroatoms. The number of carbonyl (C=O) groups is 1. The molecular formula is C11H22N2O3S. The molecule has 17 heavy (non-hydrogen) atoms. The summed E-state index contributed by atoms with van der Waals surface area (Å²) in [5.41, 5.74) is 0. The standard InChI is InChI=1S/C11H22N2O3S/c1-9(2)13-11(14)8-17(15,16)10-4-3-6-12-7-5-10/h9-10,12H,3-8H2,1-2H3,(H,13,14). The third-order valence-electron chi connectivity index (χ3n) is 2.81. The number of hydrogen-bond donors (Lipinski definition) is 2. The second-order valence-electron chi connectivity index (χ2n) is 4.83. The fourth-order valence-electron chi connectivity index (χ4n) is 2.01. The highest BCUT2D eigenvalue weighted by atomic mass is 32.2. The van der Waals surface area contributed by atoms with Gasteiger partial charge >= 0.3 is 0 Å². The van der Waals surface area contributed by atoms with E-state index < -0.39 is 15.7 Å². The molecule has 1 amide bonds. The van der Waals surface area contributed by atoms with Crippen molar-refractivity contribution in [2.24, 2.45) is 0 Å². The van der Waals surface area contributed by atoms with Crippen LogP contribution in [0.3, 0.4) is 0 Å². The zero-order valence-corrected chi connectivity index (χ0v) is 11.3. The molecule has 0 aromatic heterocycles. The smallest absolute Gasteiger partial charge is 0.235 e. The molecule has 0 aromatic carbocycles. The highest BCUT2D eigenvalue weighted by Crippen LogP contribution is 2.15. The van der Waals surface area contributed by atoms with Crippen LogP contribution in [0.2, 0.25) is 0 Å². The highest BCUT2D eigenvalue weighted by molar-refractivity contribution is 7.92. The van der Waals surface area contributed by atoms with Crippen LogP contribution < -0.4 is 10.6 Å². The first-order chi connectivity index (χ1) is 7.92. The van der Waals surface area contributed by atoms with Gasteiger partial charge in [-0.25, -0.2) is 8.42 Å². The van der Waals surface area contributed by atoms with Gasteiger partial charge < -0.3 is 10.6 Å². The molecule has 0 aromatic rings. The molecule has 1 saturated heterocycles. The average Bonchev–Trinajstić information content (AvgIpc) is 2.42. The van der Waals surface area contributed by atoms with Gasteiger partial charge in [0, 0.05) is 6.04 Å². The SMILES string of the molecule is CC(C)NC(=O)CS(=O)(=O)C1CCCNCC1. The van der Waals surface area contributed by atoms with Crippen LogP contribution in [0, 0.1) is 0 Å². The van der Waals surface area contributed by atoms with Crippen molar-refractivity contribution < 1.29 is 13.2 Å². The quantitative estimate of drug-likeness (QED) is 0.752. The maximum Gasteiger partial charge on any atom is 0.235 e. The van der Waals surface area contributed by atoms with E-state index in [4.69, 9.17) is 0 Å². The molecule has 1 heterocycles. The van der Waals surface area contributed by atoms with Gasteiger partial charge in [-0.1, -0.05) is 0 Å². The van der Waals surface area contributed by atoms with Crippen LogP contribution in [0.4, 0.5) is 0 Å². The van der Waals surface area contributed by atoms with Crippen LogP contribution in [-0.4, -0.2) is 44.5 Å². The minimum atomic E-state index is -3.30. The molecule has 0 spiro atoms. The molecule has 1 atom stereocenters. The topological polar surface area (TPSA) is 75.3 Å². The van der Waals surface area contributed by atoms with E-state index in [1.165, 1.54) is 0 Å². The first-order valence-electron chi connectivity index (χ1n) is 6.13. The Labute approximate surface area is 103 Å². The molecule has 1 rings (SSSR count). The van der Waals surface area contributed by atoms with Crippen molar-refractivity contribution in [3.63, 3.8) is 0 Å². The third-order valence-corrected chi connectivity index (χ3v) is 4.96. The Morgan fingerprint density at radius 1 is 1.35 bits per heavy atom. The van der Waals surface area contributed by atoms with Crippen molar-refractivity contribution in [1.82, 2.24) is 10.6 Å². The molecule has 1 unspecified atom stereocenters. The molecule has 0 saturated carbocycles. The van der Waals surface area contributed by atoms with E-state index in [-0.39, 0.29) is 17.0 Å². The molecule has 1 aliphatic heterocycles. The highest BCUT2D eigenvalue weighted by Gasteiger charge is 2.28. The Morgan fingerprint density at radius 2 is 2.06 bits per heavy atom. The van der Waals surface area contributed by atoms with Crippen molar-refractivity contribution in [1.29, 1.82) is 0 Å². The Balaban J connectivity index is 2.57. The third kappa shape index (κ3) is 5.04. The lowest BCUT2D eigenvalue weighted by Crippen LogP contribution is -2.38. The first kappa shape index (κ1) is 14.4. The van der Waals surface area contributed by atoms with Crippen molar-refractivity contribution in [3.8, 4) is 0 Å². The zero-order valence-electron chi connectivity index (χ0n) is 10.5. The summed E-state index contributed by atoms with van der Waals surface area (Å²) in [6, 6.07) is -0.0199. The number of carbonyl (C=O) groups excluding carboxylic acids is 1. The Kier molecular flexibility index (Phi) is 5.39. The lowest BCUT2D eigenvalue weighted by Gasteiger charge is -2.15. The molecule has 0 bridgehead atoms.